The van der Waals surface area contributed by atoms with E-state index in [1.54, 1.807) is 6.20 Å². The molecule has 0 saturated carbocycles. The van der Waals surface area contributed by atoms with Gasteiger partial charge in [0.1, 0.15) is 18.4 Å². The van der Waals surface area contributed by atoms with E-state index in [4.69, 9.17) is 0 Å². The van der Waals surface area contributed by atoms with Crippen LogP contribution in [0.25, 0.3) is 0 Å². The number of hydrogen-bond acceptors (Lipinski definition) is 4. The van der Waals surface area contributed by atoms with E-state index in [0.29, 0.717) is 25.6 Å². The summed E-state index contributed by atoms with van der Waals surface area (Å²) in [6, 6.07) is 2.31. The predicted molar refractivity (Wildman–Crippen MR) is 79.4 cm³/mol. The molecular formula is C15H23N5O. The number of nitrogens with zero attached hydrogens (tertiary/aromatic N) is 5. The van der Waals surface area contributed by atoms with Crippen LogP contribution in [-0.4, -0.2) is 57.5 Å². The second-order valence-electron chi connectivity index (χ2n) is 5.84. The van der Waals surface area contributed by atoms with Gasteiger partial charge in [-0.1, -0.05) is 13.8 Å². The molecule has 1 aromatic heterocycles. The van der Waals surface area contributed by atoms with Crippen molar-refractivity contribution in [2.75, 3.05) is 26.2 Å². The van der Waals surface area contributed by atoms with Crippen LogP contribution >= 0.6 is 0 Å². The molecule has 0 bridgehead atoms. The lowest BCUT2D eigenvalue weighted by atomic mass is 10.0. The summed E-state index contributed by atoms with van der Waals surface area (Å²) in [6.07, 6.45) is 3.54. The zero-order valence-corrected chi connectivity index (χ0v) is 13.0. The molecule has 0 aliphatic carbocycles. The molecule has 2 heterocycles. The smallest absolute Gasteiger partial charge is 0.242 e. The van der Waals surface area contributed by atoms with Crippen molar-refractivity contribution in [3.05, 3.63) is 18.2 Å². The monoisotopic (exact) mass is 289 g/mol. The van der Waals surface area contributed by atoms with E-state index >= 15 is 0 Å². The molecule has 1 aliphatic rings. The van der Waals surface area contributed by atoms with Crippen LogP contribution in [0.5, 0.6) is 0 Å². The Morgan fingerprint density at radius 3 is 2.52 bits per heavy atom. The zero-order chi connectivity index (χ0) is 15.4. The van der Waals surface area contributed by atoms with Gasteiger partial charge < -0.3 is 9.47 Å². The Kier molecular flexibility index (Phi) is 4.97. The van der Waals surface area contributed by atoms with Crippen molar-refractivity contribution in [2.24, 2.45) is 5.92 Å². The molecule has 2 rings (SSSR count). The molecule has 1 aliphatic heterocycles. The zero-order valence-electron chi connectivity index (χ0n) is 13.0. The van der Waals surface area contributed by atoms with Crippen molar-refractivity contribution in [1.82, 2.24) is 19.4 Å². The van der Waals surface area contributed by atoms with Crippen molar-refractivity contribution < 1.29 is 4.79 Å². The molecular weight excluding hydrogens is 266 g/mol. The summed E-state index contributed by atoms with van der Waals surface area (Å²) in [4.78, 5) is 20.5. The third-order valence-corrected chi connectivity index (χ3v) is 4.05. The number of aryl methyl sites for hydroxylation is 1. The van der Waals surface area contributed by atoms with E-state index in [9.17, 15) is 10.1 Å². The van der Waals surface area contributed by atoms with E-state index in [-0.39, 0.29) is 11.9 Å². The van der Waals surface area contributed by atoms with Gasteiger partial charge in [-0.25, -0.2) is 4.98 Å². The summed E-state index contributed by atoms with van der Waals surface area (Å²) in [7, 11) is 0. The van der Waals surface area contributed by atoms with Crippen LogP contribution in [0.2, 0.25) is 0 Å². The van der Waals surface area contributed by atoms with E-state index in [0.717, 1.165) is 18.9 Å². The molecule has 6 heteroatoms. The third kappa shape index (κ3) is 3.61. The highest BCUT2D eigenvalue weighted by Gasteiger charge is 2.27. The van der Waals surface area contributed by atoms with Crippen LogP contribution in [0.3, 0.4) is 0 Å². The fraction of sp³-hybridized carbons (Fsp3) is 0.667. The molecule has 0 unspecified atom stereocenters. The van der Waals surface area contributed by atoms with Crippen LogP contribution in [-0.2, 0) is 11.3 Å². The molecule has 114 valence electrons. The average Bonchev–Trinajstić information content (AvgIpc) is 2.85. The number of imidazole rings is 1. The summed E-state index contributed by atoms with van der Waals surface area (Å²) in [6.45, 7) is 9.29. The molecule has 1 atom stereocenters. The maximum Gasteiger partial charge on any atom is 0.242 e. The molecule has 6 nitrogen and oxygen atoms in total. The van der Waals surface area contributed by atoms with Crippen LogP contribution in [0.1, 0.15) is 19.7 Å². The summed E-state index contributed by atoms with van der Waals surface area (Å²) >= 11 is 0. The van der Waals surface area contributed by atoms with E-state index in [1.165, 1.54) is 0 Å². The molecule has 1 amide bonds. The molecule has 0 aromatic carbocycles. The third-order valence-electron chi connectivity index (χ3n) is 4.05. The number of rotatable bonds is 4. The lowest BCUT2D eigenvalue weighted by molar-refractivity contribution is -0.133. The first-order chi connectivity index (χ1) is 10.0. The van der Waals surface area contributed by atoms with E-state index < -0.39 is 0 Å². The Bertz CT molecular complexity index is 522. The molecule has 0 N–H and O–H groups in total. The van der Waals surface area contributed by atoms with E-state index in [2.05, 4.69) is 29.8 Å². The number of hydrogen-bond donors (Lipinski definition) is 0. The molecule has 0 radical (unpaired) electrons. The lowest BCUT2D eigenvalue weighted by Gasteiger charge is -2.38. The Labute approximate surface area is 126 Å². The van der Waals surface area contributed by atoms with Gasteiger partial charge in [0.05, 0.1) is 6.07 Å². The first-order valence-electron chi connectivity index (χ1n) is 7.42. The SMILES string of the molecule is Cc1nccn1CC(=O)N1CCN([C@H](C#N)C(C)C)CC1. The second-order valence-corrected chi connectivity index (χ2v) is 5.84. The standard InChI is InChI=1S/C15H23N5O/c1-12(2)14(10-16)18-6-8-19(9-7-18)15(21)11-20-5-4-17-13(20)3/h4-5,12,14H,6-9,11H2,1-3H3/t14-/m1/s1. The van der Waals surface area contributed by atoms with Crippen molar-refractivity contribution in [1.29, 1.82) is 5.26 Å². The van der Waals surface area contributed by atoms with Crippen LogP contribution in [0, 0.1) is 24.2 Å². The topological polar surface area (TPSA) is 65.2 Å². The Morgan fingerprint density at radius 1 is 1.38 bits per heavy atom. The normalized spacial score (nSPS) is 17.8. The molecule has 1 fully saturated rings. The Hall–Kier alpha value is -1.87. The number of carbonyl (C=O) groups is 1. The lowest BCUT2D eigenvalue weighted by Crippen LogP contribution is -2.53. The van der Waals surface area contributed by atoms with Gasteiger partial charge in [-0.3, -0.25) is 9.69 Å². The minimum absolute atomic E-state index is 0.0573. The van der Waals surface area contributed by atoms with Gasteiger partial charge >= 0.3 is 0 Å². The minimum Gasteiger partial charge on any atom is -0.339 e. The van der Waals surface area contributed by atoms with Gasteiger partial charge in [0.15, 0.2) is 0 Å². The van der Waals surface area contributed by atoms with Gasteiger partial charge in [0.25, 0.3) is 0 Å². The summed E-state index contributed by atoms with van der Waals surface area (Å²) in [5.74, 6) is 1.28. The van der Waals surface area contributed by atoms with E-state index in [1.807, 2.05) is 22.6 Å². The highest BCUT2D eigenvalue weighted by Crippen LogP contribution is 2.13. The van der Waals surface area contributed by atoms with Crippen LogP contribution in [0.15, 0.2) is 12.4 Å². The second kappa shape index (κ2) is 6.72. The van der Waals surface area contributed by atoms with Gasteiger partial charge in [0, 0.05) is 38.6 Å². The quantitative estimate of drug-likeness (QED) is 0.825. The molecule has 21 heavy (non-hydrogen) atoms. The van der Waals surface area contributed by atoms with Gasteiger partial charge in [-0.15, -0.1) is 0 Å². The highest BCUT2D eigenvalue weighted by atomic mass is 16.2. The first kappa shape index (κ1) is 15.5. The Morgan fingerprint density at radius 2 is 2.05 bits per heavy atom. The minimum atomic E-state index is -0.0573. The molecule has 0 spiro atoms. The number of amides is 1. The number of aromatic nitrogens is 2. The van der Waals surface area contributed by atoms with Crippen molar-refractivity contribution >= 4 is 5.91 Å². The van der Waals surface area contributed by atoms with Gasteiger partial charge in [-0.05, 0) is 12.8 Å². The summed E-state index contributed by atoms with van der Waals surface area (Å²) in [5, 5.41) is 9.24. The number of nitriles is 1. The summed E-state index contributed by atoms with van der Waals surface area (Å²) in [5.41, 5.74) is 0. The molecule has 1 aromatic rings. The number of piperazine rings is 1. The maximum atomic E-state index is 12.3. The van der Waals surface area contributed by atoms with Gasteiger partial charge in [-0.2, -0.15) is 5.26 Å². The fourth-order valence-corrected chi connectivity index (χ4v) is 2.72. The van der Waals surface area contributed by atoms with Gasteiger partial charge in [0.2, 0.25) is 5.91 Å². The van der Waals surface area contributed by atoms with Crippen molar-refractivity contribution in [2.45, 2.75) is 33.4 Å². The van der Waals surface area contributed by atoms with Crippen LogP contribution in [0.4, 0.5) is 0 Å². The number of carbonyl (C=O) groups excluding carboxylic acids is 1. The Balaban J connectivity index is 1.88. The maximum absolute atomic E-state index is 12.3. The van der Waals surface area contributed by atoms with Crippen molar-refractivity contribution in [3.8, 4) is 6.07 Å². The average molecular weight is 289 g/mol. The fourth-order valence-electron chi connectivity index (χ4n) is 2.72. The first-order valence-corrected chi connectivity index (χ1v) is 7.42. The van der Waals surface area contributed by atoms with Crippen LogP contribution < -0.4 is 0 Å². The highest BCUT2D eigenvalue weighted by molar-refractivity contribution is 5.76. The largest absolute Gasteiger partial charge is 0.339 e. The predicted octanol–water partition coefficient (Wildman–Crippen LogP) is 0.884. The summed E-state index contributed by atoms with van der Waals surface area (Å²) < 4.78 is 1.86. The molecule has 1 saturated heterocycles. The van der Waals surface area contributed by atoms with Crippen molar-refractivity contribution in [3.63, 3.8) is 0 Å².